The summed E-state index contributed by atoms with van der Waals surface area (Å²) in [6, 6.07) is 21.9. The van der Waals surface area contributed by atoms with E-state index in [9.17, 15) is 14.4 Å². The highest BCUT2D eigenvalue weighted by Gasteiger charge is 2.59. The predicted octanol–water partition coefficient (Wildman–Crippen LogP) is 5.45. The van der Waals surface area contributed by atoms with E-state index in [-0.39, 0.29) is 11.3 Å². The van der Waals surface area contributed by atoms with Crippen molar-refractivity contribution in [3.63, 3.8) is 0 Å². The lowest BCUT2D eigenvalue weighted by atomic mass is 9.89. The van der Waals surface area contributed by atoms with Crippen molar-refractivity contribution in [1.29, 1.82) is 0 Å². The van der Waals surface area contributed by atoms with Gasteiger partial charge in [0, 0.05) is 23.6 Å². The van der Waals surface area contributed by atoms with Gasteiger partial charge in [-0.05, 0) is 62.2 Å². The Morgan fingerprint density at radius 3 is 2.31 bits per heavy atom. The lowest BCUT2D eigenvalue weighted by molar-refractivity contribution is -0.282. The van der Waals surface area contributed by atoms with E-state index in [0.29, 0.717) is 22.3 Å². The van der Waals surface area contributed by atoms with Crippen LogP contribution in [0.1, 0.15) is 29.8 Å². The van der Waals surface area contributed by atoms with E-state index in [2.05, 4.69) is 5.32 Å². The van der Waals surface area contributed by atoms with E-state index in [0.717, 1.165) is 11.1 Å². The zero-order chi connectivity index (χ0) is 29.6. The van der Waals surface area contributed by atoms with Gasteiger partial charge < -0.3 is 33.4 Å². The smallest absolute Gasteiger partial charge is 0.460 e. The molecule has 2 aliphatic heterocycles. The number of carbonyl (C=O) groups excluding carboxylic acids is 2. The third kappa shape index (κ3) is 4.99. The van der Waals surface area contributed by atoms with Crippen LogP contribution >= 0.6 is 0 Å². The number of nitrogens with one attached hydrogen (secondary N) is 1. The van der Waals surface area contributed by atoms with Gasteiger partial charge in [-0.15, -0.1) is 0 Å². The van der Waals surface area contributed by atoms with Gasteiger partial charge in [-0.2, -0.15) is 0 Å². The van der Waals surface area contributed by atoms with Crippen LogP contribution in [0.15, 0.2) is 82.0 Å². The Morgan fingerprint density at radius 1 is 0.905 bits per heavy atom. The molecule has 10 nitrogen and oxygen atoms in total. The SMILES string of the molecule is CO[C@@H]1[C@H]2OC(=O)O[C@H]2[C@H](Oc2ccc3cc(NC(=O)c4ccc(-c5ccccc5)cc4)c(=O)oc3c2C)OC1(C)C. The number of hydrogen-bond donors (Lipinski definition) is 1. The standard InChI is InChI=1S/C32H29NO9/c1-17-23(38-30-26-25(40-31(36)41-26)27(37-4)32(2,3)42-30)15-14-21-16-22(29(35)39-24(17)21)33-28(34)20-12-10-19(11-13-20)18-8-6-5-7-9-18/h5-16,25-27,30H,1-4H3,(H,33,34)/t25-,26+,27+,30+/m0/s1. The largest absolute Gasteiger partial charge is 0.509 e. The Bertz CT molecular complexity index is 1710. The first-order valence-electron chi connectivity index (χ1n) is 13.4. The molecule has 3 aromatic carbocycles. The van der Waals surface area contributed by atoms with Crippen LogP contribution in [0.2, 0.25) is 0 Å². The van der Waals surface area contributed by atoms with Crippen LogP contribution in [0.5, 0.6) is 5.75 Å². The second-order valence-corrected chi connectivity index (χ2v) is 10.7. The number of rotatable bonds is 6. The van der Waals surface area contributed by atoms with Crippen molar-refractivity contribution in [2.45, 2.75) is 51.0 Å². The summed E-state index contributed by atoms with van der Waals surface area (Å²) in [6.45, 7) is 5.34. The van der Waals surface area contributed by atoms with Gasteiger partial charge in [0.25, 0.3) is 5.91 Å². The molecular weight excluding hydrogens is 542 g/mol. The molecule has 1 amide bonds. The minimum Gasteiger partial charge on any atom is -0.460 e. The summed E-state index contributed by atoms with van der Waals surface area (Å²) in [5, 5.41) is 3.23. The summed E-state index contributed by atoms with van der Waals surface area (Å²) in [4.78, 5) is 37.8. The van der Waals surface area contributed by atoms with Crippen molar-refractivity contribution >= 4 is 28.7 Å². The summed E-state index contributed by atoms with van der Waals surface area (Å²) < 4.78 is 34.1. The van der Waals surface area contributed by atoms with E-state index >= 15 is 0 Å². The lowest BCUT2D eigenvalue weighted by Crippen LogP contribution is -2.62. The van der Waals surface area contributed by atoms with Crippen molar-refractivity contribution < 1.29 is 37.7 Å². The fourth-order valence-electron chi connectivity index (χ4n) is 5.45. The maximum Gasteiger partial charge on any atom is 0.509 e. The molecule has 3 heterocycles. The lowest BCUT2D eigenvalue weighted by Gasteiger charge is -2.45. The van der Waals surface area contributed by atoms with Gasteiger partial charge in [0.1, 0.15) is 23.1 Å². The molecular formula is C32H29NO9. The Morgan fingerprint density at radius 2 is 1.60 bits per heavy atom. The van der Waals surface area contributed by atoms with Crippen LogP contribution in [0, 0.1) is 6.92 Å². The number of carbonyl (C=O) groups is 2. The highest BCUT2D eigenvalue weighted by Crippen LogP contribution is 2.39. The fourth-order valence-corrected chi connectivity index (χ4v) is 5.45. The summed E-state index contributed by atoms with van der Waals surface area (Å²) in [5.41, 5.74) is 1.65. The second-order valence-electron chi connectivity index (χ2n) is 10.7. The van der Waals surface area contributed by atoms with Crippen molar-refractivity contribution in [2.24, 2.45) is 0 Å². The van der Waals surface area contributed by atoms with Crippen LogP contribution < -0.4 is 15.7 Å². The van der Waals surface area contributed by atoms with E-state index in [1.165, 1.54) is 7.11 Å². The van der Waals surface area contributed by atoms with Crippen molar-refractivity contribution in [3.05, 3.63) is 94.3 Å². The van der Waals surface area contributed by atoms with Crippen LogP contribution in [0.3, 0.4) is 0 Å². The minimum absolute atomic E-state index is 0.00790. The molecule has 216 valence electrons. The van der Waals surface area contributed by atoms with Crippen LogP contribution in [0.4, 0.5) is 10.5 Å². The third-order valence-electron chi connectivity index (χ3n) is 7.56. The van der Waals surface area contributed by atoms with Gasteiger partial charge in [0.15, 0.2) is 6.10 Å². The molecule has 2 fully saturated rings. The number of amides is 1. The van der Waals surface area contributed by atoms with Gasteiger partial charge in [-0.3, -0.25) is 4.79 Å². The Kier molecular flexibility index (Phi) is 6.96. The second kappa shape index (κ2) is 10.6. The van der Waals surface area contributed by atoms with E-state index in [1.807, 2.05) is 42.5 Å². The number of hydrogen-bond acceptors (Lipinski definition) is 9. The summed E-state index contributed by atoms with van der Waals surface area (Å²) in [6.07, 6.45) is -3.99. The van der Waals surface area contributed by atoms with Gasteiger partial charge >= 0.3 is 11.8 Å². The van der Waals surface area contributed by atoms with Crippen molar-refractivity contribution in [3.8, 4) is 16.9 Å². The topological polar surface area (TPSA) is 123 Å². The zero-order valence-corrected chi connectivity index (χ0v) is 23.4. The number of ether oxygens (including phenoxy) is 5. The molecule has 0 saturated carbocycles. The van der Waals surface area contributed by atoms with Crippen LogP contribution in [-0.4, -0.2) is 49.4 Å². The fraction of sp³-hybridized carbons (Fsp3) is 0.281. The molecule has 0 aliphatic carbocycles. The molecule has 0 radical (unpaired) electrons. The molecule has 10 heteroatoms. The Labute approximate surface area is 241 Å². The molecule has 1 N–H and O–H groups in total. The molecule has 42 heavy (non-hydrogen) atoms. The maximum absolute atomic E-state index is 12.9. The van der Waals surface area contributed by atoms with E-state index < -0.39 is 47.9 Å². The molecule has 1 aromatic heterocycles. The van der Waals surface area contributed by atoms with Gasteiger partial charge in [0.2, 0.25) is 12.4 Å². The first-order chi connectivity index (χ1) is 20.1. The average Bonchev–Trinajstić information content (AvgIpc) is 3.36. The Balaban J connectivity index is 1.22. The van der Waals surface area contributed by atoms with Gasteiger partial charge in [-0.25, -0.2) is 9.59 Å². The normalized spacial score (nSPS) is 22.6. The van der Waals surface area contributed by atoms with Crippen molar-refractivity contribution in [1.82, 2.24) is 0 Å². The number of methoxy groups -OCH3 is 1. The van der Waals surface area contributed by atoms with Crippen LogP contribution in [0.25, 0.3) is 22.1 Å². The molecule has 4 aromatic rings. The monoisotopic (exact) mass is 571 g/mol. The number of fused-ring (bicyclic) bond motifs is 2. The number of aryl methyl sites for hydroxylation is 1. The average molecular weight is 572 g/mol. The molecule has 4 atom stereocenters. The number of benzene rings is 3. The molecule has 2 saturated heterocycles. The predicted molar refractivity (Wildman–Crippen MR) is 153 cm³/mol. The van der Waals surface area contributed by atoms with E-state index in [4.69, 9.17) is 28.1 Å². The van der Waals surface area contributed by atoms with Crippen molar-refractivity contribution in [2.75, 3.05) is 12.4 Å². The van der Waals surface area contributed by atoms with Gasteiger partial charge in [0.05, 0.1) is 5.60 Å². The van der Waals surface area contributed by atoms with E-state index in [1.54, 1.807) is 51.1 Å². The third-order valence-corrected chi connectivity index (χ3v) is 7.56. The molecule has 6 rings (SSSR count). The molecule has 2 aliphatic rings. The minimum atomic E-state index is -1.00. The van der Waals surface area contributed by atoms with Crippen LogP contribution in [-0.2, 0) is 18.9 Å². The first kappa shape index (κ1) is 27.5. The summed E-state index contributed by atoms with van der Waals surface area (Å²) in [5.74, 6) is -0.0773. The molecule has 0 bridgehead atoms. The quantitative estimate of drug-likeness (QED) is 0.238. The highest BCUT2D eigenvalue weighted by atomic mass is 16.8. The maximum atomic E-state index is 12.9. The highest BCUT2D eigenvalue weighted by molar-refractivity contribution is 6.05. The van der Waals surface area contributed by atoms with Gasteiger partial charge in [-0.1, -0.05) is 42.5 Å². The molecule has 0 unspecified atom stereocenters. The first-order valence-corrected chi connectivity index (χ1v) is 13.4. The Hall–Kier alpha value is -4.67. The molecule has 0 spiro atoms. The zero-order valence-electron chi connectivity index (χ0n) is 23.4. The summed E-state index contributed by atoms with van der Waals surface area (Å²) in [7, 11) is 1.51. The number of anilines is 1. The summed E-state index contributed by atoms with van der Waals surface area (Å²) >= 11 is 0.